The first-order valence-electron chi connectivity index (χ1n) is 6.07. The van der Waals surface area contributed by atoms with Gasteiger partial charge in [0.1, 0.15) is 11.6 Å². The molecule has 3 N–H and O–H groups in total. The van der Waals surface area contributed by atoms with E-state index in [-0.39, 0.29) is 0 Å². The number of rotatable bonds is 3. The van der Waals surface area contributed by atoms with Crippen LogP contribution in [0.4, 0.5) is 11.6 Å². The van der Waals surface area contributed by atoms with E-state index in [1.54, 1.807) is 6.07 Å². The Labute approximate surface area is 96.6 Å². The lowest BCUT2D eigenvalue weighted by Crippen LogP contribution is -2.20. The van der Waals surface area contributed by atoms with Crippen LogP contribution in [-0.4, -0.2) is 16.7 Å². The van der Waals surface area contributed by atoms with E-state index in [0.29, 0.717) is 5.82 Å². The van der Waals surface area contributed by atoms with E-state index in [2.05, 4.69) is 22.4 Å². The normalized spacial score (nSPS) is 25.3. The van der Waals surface area contributed by atoms with Crippen molar-refractivity contribution in [3.63, 3.8) is 0 Å². The molecule has 0 atom stereocenters. The number of nitrogens with two attached hydrogens (primary N) is 1. The highest BCUT2D eigenvalue weighted by Gasteiger charge is 2.17. The summed E-state index contributed by atoms with van der Waals surface area (Å²) in [5, 5.41) is 11.1. The molecule has 0 spiro atoms. The van der Waals surface area contributed by atoms with E-state index in [0.717, 1.165) is 24.2 Å². The Morgan fingerprint density at radius 2 is 2.00 bits per heavy atom. The highest BCUT2D eigenvalue weighted by Crippen LogP contribution is 2.28. The zero-order chi connectivity index (χ0) is 11.4. The van der Waals surface area contributed by atoms with Crippen LogP contribution >= 0.6 is 0 Å². The molecular formula is C12H20N4. The summed E-state index contributed by atoms with van der Waals surface area (Å²) in [4.78, 5) is 0. The van der Waals surface area contributed by atoms with Gasteiger partial charge < -0.3 is 11.1 Å². The number of nitrogens with zero attached hydrogens (tertiary/aromatic N) is 2. The van der Waals surface area contributed by atoms with Gasteiger partial charge in [0, 0.05) is 6.54 Å². The van der Waals surface area contributed by atoms with Crippen LogP contribution in [0.1, 0.15) is 32.6 Å². The largest absolute Gasteiger partial charge is 0.382 e. The molecule has 1 saturated carbocycles. The average molecular weight is 220 g/mol. The van der Waals surface area contributed by atoms with Crippen LogP contribution in [0.25, 0.3) is 0 Å². The molecule has 1 heterocycles. The summed E-state index contributed by atoms with van der Waals surface area (Å²) >= 11 is 0. The van der Waals surface area contributed by atoms with Crippen molar-refractivity contribution in [1.82, 2.24) is 10.2 Å². The lowest BCUT2D eigenvalue weighted by molar-refractivity contribution is 0.300. The van der Waals surface area contributed by atoms with Crippen LogP contribution in [0, 0.1) is 11.8 Å². The Morgan fingerprint density at radius 1 is 1.25 bits per heavy atom. The van der Waals surface area contributed by atoms with Crippen molar-refractivity contribution >= 4 is 11.6 Å². The fraction of sp³-hybridized carbons (Fsp3) is 0.667. The predicted molar refractivity (Wildman–Crippen MR) is 66.1 cm³/mol. The Kier molecular flexibility index (Phi) is 3.59. The molecule has 1 fully saturated rings. The van der Waals surface area contributed by atoms with Gasteiger partial charge in [-0.15, -0.1) is 10.2 Å². The number of hydrogen-bond acceptors (Lipinski definition) is 4. The SMILES string of the molecule is CC1CCC(CNc2ccc(N)nn2)CC1. The monoisotopic (exact) mass is 220 g/mol. The number of hydrogen-bond donors (Lipinski definition) is 2. The second-order valence-electron chi connectivity index (χ2n) is 4.85. The van der Waals surface area contributed by atoms with Gasteiger partial charge in [-0.1, -0.05) is 19.8 Å². The minimum Gasteiger partial charge on any atom is -0.382 e. The Balaban J connectivity index is 1.77. The predicted octanol–water partition coefficient (Wildman–Crippen LogP) is 2.30. The molecule has 0 radical (unpaired) electrons. The molecule has 0 amide bonds. The smallest absolute Gasteiger partial charge is 0.148 e. The molecule has 2 rings (SSSR count). The van der Waals surface area contributed by atoms with Gasteiger partial charge in [-0.3, -0.25) is 0 Å². The van der Waals surface area contributed by atoms with Gasteiger partial charge in [0.2, 0.25) is 0 Å². The second kappa shape index (κ2) is 5.14. The van der Waals surface area contributed by atoms with E-state index in [1.807, 2.05) is 6.07 Å². The van der Waals surface area contributed by atoms with Crippen molar-refractivity contribution in [3.05, 3.63) is 12.1 Å². The first-order valence-corrected chi connectivity index (χ1v) is 6.07. The fourth-order valence-corrected chi connectivity index (χ4v) is 2.22. The zero-order valence-electron chi connectivity index (χ0n) is 9.82. The lowest BCUT2D eigenvalue weighted by Gasteiger charge is -2.26. The summed E-state index contributed by atoms with van der Waals surface area (Å²) in [6, 6.07) is 3.66. The molecule has 1 aromatic heterocycles. The standard InChI is InChI=1S/C12H20N4/c1-9-2-4-10(5-3-9)8-14-12-7-6-11(13)15-16-12/h6-7,9-10H,2-5,8H2,1H3,(H2,13,15)(H,14,16). The minimum atomic E-state index is 0.469. The van der Waals surface area contributed by atoms with E-state index >= 15 is 0 Å². The third-order valence-electron chi connectivity index (χ3n) is 3.39. The van der Waals surface area contributed by atoms with E-state index in [4.69, 9.17) is 5.73 Å². The van der Waals surface area contributed by atoms with Gasteiger partial charge in [0.25, 0.3) is 0 Å². The molecule has 0 aromatic carbocycles. The van der Waals surface area contributed by atoms with E-state index < -0.39 is 0 Å². The maximum Gasteiger partial charge on any atom is 0.148 e. The molecule has 4 heteroatoms. The van der Waals surface area contributed by atoms with Crippen molar-refractivity contribution in [3.8, 4) is 0 Å². The van der Waals surface area contributed by atoms with Crippen molar-refractivity contribution in [2.45, 2.75) is 32.6 Å². The Morgan fingerprint density at radius 3 is 2.62 bits per heavy atom. The summed E-state index contributed by atoms with van der Waals surface area (Å²) in [5.41, 5.74) is 5.48. The van der Waals surface area contributed by atoms with E-state index in [9.17, 15) is 0 Å². The molecule has 1 aliphatic carbocycles. The average Bonchev–Trinajstić information content (AvgIpc) is 2.30. The zero-order valence-corrected chi connectivity index (χ0v) is 9.82. The summed E-state index contributed by atoms with van der Waals surface area (Å²) in [5.74, 6) is 2.99. The highest BCUT2D eigenvalue weighted by atomic mass is 15.2. The second-order valence-corrected chi connectivity index (χ2v) is 4.85. The lowest BCUT2D eigenvalue weighted by atomic mass is 9.83. The molecule has 4 nitrogen and oxygen atoms in total. The van der Waals surface area contributed by atoms with E-state index in [1.165, 1.54) is 25.7 Å². The van der Waals surface area contributed by atoms with Gasteiger partial charge in [-0.05, 0) is 36.8 Å². The van der Waals surface area contributed by atoms with Crippen molar-refractivity contribution < 1.29 is 0 Å². The maximum absolute atomic E-state index is 5.48. The Hall–Kier alpha value is -1.32. The van der Waals surface area contributed by atoms with Crippen LogP contribution in [0.15, 0.2) is 12.1 Å². The molecule has 1 aliphatic rings. The molecule has 0 bridgehead atoms. The summed E-state index contributed by atoms with van der Waals surface area (Å²) in [6.07, 6.45) is 5.38. The molecule has 16 heavy (non-hydrogen) atoms. The molecule has 0 aliphatic heterocycles. The third-order valence-corrected chi connectivity index (χ3v) is 3.39. The summed E-state index contributed by atoms with van der Waals surface area (Å²) < 4.78 is 0. The maximum atomic E-state index is 5.48. The Bertz CT molecular complexity index is 314. The first kappa shape index (κ1) is 11.2. The van der Waals surface area contributed by atoms with Crippen LogP contribution in [0.3, 0.4) is 0 Å². The van der Waals surface area contributed by atoms with Gasteiger partial charge in [-0.2, -0.15) is 0 Å². The fourth-order valence-electron chi connectivity index (χ4n) is 2.22. The molecule has 0 unspecified atom stereocenters. The molecular weight excluding hydrogens is 200 g/mol. The summed E-state index contributed by atoms with van der Waals surface area (Å²) in [7, 11) is 0. The number of anilines is 2. The first-order chi connectivity index (χ1) is 7.74. The van der Waals surface area contributed by atoms with Crippen molar-refractivity contribution in [2.75, 3.05) is 17.6 Å². The van der Waals surface area contributed by atoms with Crippen molar-refractivity contribution in [1.29, 1.82) is 0 Å². The van der Waals surface area contributed by atoms with Crippen LogP contribution in [-0.2, 0) is 0 Å². The van der Waals surface area contributed by atoms with Gasteiger partial charge >= 0.3 is 0 Å². The number of nitrogen functional groups attached to an aromatic ring is 1. The number of nitrogens with one attached hydrogen (secondary N) is 1. The number of aromatic nitrogens is 2. The van der Waals surface area contributed by atoms with Crippen LogP contribution < -0.4 is 11.1 Å². The van der Waals surface area contributed by atoms with Crippen molar-refractivity contribution in [2.24, 2.45) is 11.8 Å². The van der Waals surface area contributed by atoms with Crippen LogP contribution in [0.5, 0.6) is 0 Å². The molecule has 0 saturated heterocycles. The summed E-state index contributed by atoms with van der Waals surface area (Å²) in [6.45, 7) is 3.35. The third kappa shape index (κ3) is 3.08. The molecule has 88 valence electrons. The quantitative estimate of drug-likeness (QED) is 0.820. The highest BCUT2D eigenvalue weighted by molar-refractivity contribution is 5.38. The van der Waals surface area contributed by atoms with Gasteiger partial charge in [-0.25, -0.2) is 0 Å². The topological polar surface area (TPSA) is 63.8 Å². The van der Waals surface area contributed by atoms with Crippen LogP contribution in [0.2, 0.25) is 0 Å². The molecule has 1 aromatic rings. The minimum absolute atomic E-state index is 0.469. The van der Waals surface area contributed by atoms with Gasteiger partial charge in [0.15, 0.2) is 0 Å². The van der Waals surface area contributed by atoms with Gasteiger partial charge in [0.05, 0.1) is 0 Å².